The molecule has 0 aromatic heterocycles. The minimum absolute atomic E-state index is 0. The summed E-state index contributed by atoms with van der Waals surface area (Å²) in [4.78, 5) is 0. The van der Waals surface area contributed by atoms with E-state index in [0.29, 0.717) is 0 Å². The molecule has 0 bridgehead atoms. The van der Waals surface area contributed by atoms with Gasteiger partial charge in [-0.3, -0.25) is 0 Å². The Hall–Kier alpha value is -2.13. The number of halogens is 1. The van der Waals surface area contributed by atoms with E-state index in [0.717, 1.165) is 0 Å². The fourth-order valence-electron chi connectivity index (χ4n) is 1.26. The average Bonchev–Trinajstić information content (AvgIpc) is 2.51. The van der Waals surface area contributed by atoms with E-state index in [4.69, 9.17) is 0 Å². The molecule has 3 aromatic carbocycles. The van der Waals surface area contributed by atoms with E-state index in [1.54, 1.807) is 36.4 Å². The molecule has 0 unspecified atom stereocenters. The first kappa shape index (κ1) is 23.1. The summed E-state index contributed by atoms with van der Waals surface area (Å²) >= 11 is 0. The molecular weight excluding hydrogens is 355 g/mol. The maximum Gasteiger partial charge on any atom is 3.00 e. The van der Waals surface area contributed by atoms with E-state index in [9.17, 15) is 15.3 Å². The third kappa shape index (κ3) is 13.3. The van der Waals surface area contributed by atoms with Crippen LogP contribution in [-0.2, 0) is 17.1 Å². The molecule has 0 fully saturated rings. The molecule has 0 heterocycles. The summed E-state index contributed by atoms with van der Waals surface area (Å²) in [7, 11) is 0. The molecule has 0 N–H and O–H groups in total. The summed E-state index contributed by atoms with van der Waals surface area (Å²) in [6.45, 7) is 0. The van der Waals surface area contributed by atoms with Crippen LogP contribution in [0.15, 0.2) is 91.0 Å². The standard InChI is InChI=1S/3C6H6O.Cl.Fe/c3*7-6-4-2-1-3-5-6;;/h3*1-5,7H;;/q;;;;+3/p-3. The van der Waals surface area contributed by atoms with Crippen molar-refractivity contribution < 1.29 is 32.4 Å². The Balaban J connectivity index is 0. The molecule has 0 amide bonds. The number of rotatable bonds is 0. The molecular formula is C18H15ClFeO3. The molecule has 3 nitrogen and oxygen atoms in total. The van der Waals surface area contributed by atoms with Gasteiger partial charge < -0.3 is 15.3 Å². The quantitative estimate of drug-likeness (QED) is 0.571. The van der Waals surface area contributed by atoms with Crippen molar-refractivity contribution in [2.75, 3.05) is 0 Å². The van der Waals surface area contributed by atoms with Crippen molar-refractivity contribution in [3.05, 3.63) is 91.0 Å². The third-order valence-electron chi connectivity index (χ3n) is 2.23. The van der Waals surface area contributed by atoms with E-state index in [-0.39, 0.29) is 46.7 Å². The summed E-state index contributed by atoms with van der Waals surface area (Å²) in [5.74, 6) is 0.215. The number of benzene rings is 3. The van der Waals surface area contributed by atoms with Gasteiger partial charge in [-0.25, -0.2) is 0 Å². The zero-order valence-electron chi connectivity index (χ0n) is 12.1. The second-order valence-electron chi connectivity index (χ2n) is 3.94. The fourth-order valence-corrected chi connectivity index (χ4v) is 1.26. The van der Waals surface area contributed by atoms with Crippen molar-refractivity contribution in [2.24, 2.45) is 0 Å². The van der Waals surface area contributed by atoms with Crippen molar-refractivity contribution in [1.29, 1.82) is 0 Å². The van der Waals surface area contributed by atoms with Gasteiger partial charge in [0.2, 0.25) is 0 Å². The zero-order valence-corrected chi connectivity index (χ0v) is 14.0. The van der Waals surface area contributed by atoms with Crippen molar-refractivity contribution >= 4 is 12.4 Å². The van der Waals surface area contributed by atoms with Gasteiger partial charge in [0, 0.05) is 12.4 Å². The van der Waals surface area contributed by atoms with Crippen LogP contribution in [0.3, 0.4) is 0 Å². The van der Waals surface area contributed by atoms with Crippen LogP contribution in [0, 0.1) is 0 Å². The monoisotopic (exact) mass is 370 g/mol. The van der Waals surface area contributed by atoms with Crippen molar-refractivity contribution in [2.45, 2.75) is 0 Å². The normalized spacial score (nSPS) is 7.83. The van der Waals surface area contributed by atoms with Gasteiger partial charge in [-0.05, 0) is 0 Å². The number of hydrogen-bond acceptors (Lipinski definition) is 3. The van der Waals surface area contributed by atoms with E-state index in [1.165, 1.54) is 36.4 Å². The topological polar surface area (TPSA) is 69.2 Å². The van der Waals surface area contributed by atoms with E-state index < -0.39 is 0 Å². The first-order valence-electron chi connectivity index (χ1n) is 6.34. The van der Waals surface area contributed by atoms with Crippen LogP contribution in [0.1, 0.15) is 0 Å². The van der Waals surface area contributed by atoms with Crippen LogP contribution >= 0.6 is 12.4 Å². The molecule has 0 saturated carbocycles. The first-order valence-corrected chi connectivity index (χ1v) is 6.34. The van der Waals surface area contributed by atoms with Crippen LogP contribution in [0.2, 0.25) is 0 Å². The van der Waals surface area contributed by atoms with Gasteiger partial charge in [0.1, 0.15) is 0 Å². The molecule has 120 valence electrons. The Bertz CT molecular complexity index is 503. The average molecular weight is 371 g/mol. The van der Waals surface area contributed by atoms with Gasteiger partial charge in [-0.2, -0.15) is 0 Å². The minimum Gasteiger partial charge on any atom is -0.872 e. The van der Waals surface area contributed by atoms with Gasteiger partial charge in [0.15, 0.2) is 0 Å². The van der Waals surface area contributed by atoms with E-state index in [1.807, 2.05) is 18.2 Å². The van der Waals surface area contributed by atoms with Crippen LogP contribution in [-0.4, -0.2) is 0 Å². The van der Waals surface area contributed by atoms with Gasteiger partial charge in [-0.15, -0.1) is 17.2 Å². The number of hydrogen-bond donors (Lipinski definition) is 0. The molecule has 0 saturated heterocycles. The summed E-state index contributed by atoms with van der Waals surface area (Å²) in [6.07, 6.45) is 0. The van der Waals surface area contributed by atoms with Gasteiger partial charge in [-0.1, -0.05) is 91.0 Å². The van der Waals surface area contributed by atoms with Gasteiger partial charge in [0.25, 0.3) is 0 Å². The van der Waals surface area contributed by atoms with Crippen molar-refractivity contribution in [3.63, 3.8) is 0 Å². The summed E-state index contributed by atoms with van der Waals surface area (Å²) in [5.41, 5.74) is 0. The van der Waals surface area contributed by atoms with E-state index >= 15 is 0 Å². The van der Waals surface area contributed by atoms with E-state index in [2.05, 4.69) is 0 Å². The van der Waals surface area contributed by atoms with Gasteiger partial charge in [0.05, 0.1) is 0 Å². The molecule has 3 rings (SSSR count). The maximum atomic E-state index is 10.3. The van der Waals surface area contributed by atoms with Crippen LogP contribution in [0.4, 0.5) is 0 Å². The predicted octanol–water partition coefficient (Wildman–Crippen LogP) is 2.97. The Kier molecular flexibility index (Phi) is 14.9. The van der Waals surface area contributed by atoms with Crippen LogP contribution in [0.5, 0.6) is 17.2 Å². The summed E-state index contributed by atoms with van der Waals surface area (Å²) in [6, 6.07) is 25.0. The molecule has 0 aliphatic rings. The summed E-state index contributed by atoms with van der Waals surface area (Å²) < 4.78 is 0. The smallest absolute Gasteiger partial charge is 0.872 e. The molecule has 3 aromatic rings. The Morgan fingerprint density at radius 3 is 0.652 bits per heavy atom. The Morgan fingerprint density at radius 2 is 0.565 bits per heavy atom. The fraction of sp³-hybridized carbons (Fsp3) is 0. The second kappa shape index (κ2) is 14.8. The molecule has 0 atom stereocenters. The van der Waals surface area contributed by atoms with Crippen molar-refractivity contribution in [1.82, 2.24) is 0 Å². The maximum absolute atomic E-state index is 10.3. The Morgan fingerprint density at radius 1 is 0.391 bits per heavy atom. The van der Waals surface area contributed by atoms with Crippen molar-refractivity contribution in [3.8, 4) is 17.2 Å². The van der Waals surface area contributed by atoms with Gasteiger partial charge >= 0.3 is 17.1 Å². The molecule has 23 heavy (non-hydrogen) atoms. The Labute approximate surface area is 153 Å². The van der Waals surface area contributed by atoms with Crippen LogP contribution < -0.4 is 15.3 Å². The minimum atomic E-state index is 0. The first-order chi connectivity index (χ1) is 10.2. The van der Waals surface area contributed by atoms with Crippen LogP contribution in [0.25, 0.3) is 0 Å². The number of para-hydroxylation sites is 3. The molecule has 0 spiro atoms. The molecule has 5 heteroatoms. The predicted molar refractivity (Wildman–Crippen MR) is 83.5 cm³/mol. The molecule has 2 radical (unpaired) electrons. The second-order valence-corrected chi connectivity index (χ2v) is 3.94. The summed E-state index contributed by atoms with van der Waals surface area (Å²) in [5, 5.41) is 30.8. The molecule has 0 aliphatic heterocycles. The zero-order chi connectivity index (χ0) is 15.3. The molecule has 0 aliphatic carbocycles. The SMILES string of the molecule is [Cl].[Fe+3].[O-]c1ccccc1.[O-]c1ccccc1.[O-]c1ccccc1. The third-order valence-corrected chi connectivity index (χ3v) is 2.23. The largest absolute Gasteiger partial charge is 3.00 e.